The number of pyridine rings is 1. The third-order valence-corrected chi connectivity index (χ3v) is 4.30. The highest BCUT2D eigenvalue weighted by atomic mass is 15.2. The number of hydrogen-bond donors (Lipinski definition) is 1. The van der Waals surface area contributed by atoms with Crippen LogP contribution in [0.1, 0.15) is 50.9 Å². The molecule has 0 radical (unpaired) electrons. The van der Waals surface area contributed by atoms with Crippen LogP contribution in [0.15, 0.2) is 18.2 Å². The summed E-state index contributed by atoms with van der Waals surface area (Å²) < 4.78 is 0. The Morgan fingerprint density at radius 2 is 1.95 bits per heavy atom. The van der Waals surface area contributed by atoms with Gasteiger partial charge in [-0.1, -0.05) is 6.07 Å². The van der Waals surface area contributed by atoms with Gasteiger partial charge in [0.05, 0.1) is 11.4 Å². The van der Waals surface area contributed by atoms with Gasteiger partial charge in [-0.3, -0.25) is 9.88 Å². The van der Waals surface area contributed by atoms with Crippen LogP contribution in [-0.4, -0.2) is 28.5 Å². The van der Waals surface area contributed by atoms with Crippen molar-refractivity contribution in [3.05, 3.63) is 29.6 Å². The van der Waals surface area contributed by atoms with Gasteiger partial charge in [0.2, 0.25) is 0 Å². The summed E-state index contributed by atoms with van der Waals surface area (Å²) in [5, 5.41) is 3.54. The van der Waals surface area contributed by atoms with E-state index in [2.05, 4.69) is 42.3 Å². The van der Waals surface area contributed by atoms with Crippen molar-refractivity contribution in [3.63, 3.8) is 0 Å². The zero-order valence-electron chi connectivity index (χ0n) is 12.8. The molecule has 0 saturated heterocycles. The fourth-order valence-electron chi connectivity index (χ4n) is 2.55. The first-order valence-corrected chi connectivity index (χ1v) is 8.13. The van der Waals surface area contributed by atoms with E-state index >= 15 is 0 Å². The molecule has 0 atom stereocenters. The minimum atomic E-state index is 0.602. The van der Waals surface area contributed by atoms with Gasteiger partial charge >= 0.3 is 0 Å². The van der Waals surface area contributed by atoms with Gasteiger partial charge in [-0.2, -0.15) is 0 Å². The van der Waals surface area contributed by atoms with Crippen molar-refractivity contribution in [2.45, 2.75) is 64.7 Å². The van der Waals surface area contributed by atoms with Crippen molar-refractivity contribution in [2.75, 3.05) is 6.54 Å². The van der Waals surface area contributed by atoms with Crippen LogP contribution in [0.4, 0.5) is 0 Å². The van der Waals surface area contributed by atoms with Crippen LogP contribution in [0.25, 0.3) is 0 Å². The normalized spacial score (nSPS) is 19.0. The molecule has 3 heteroatoms. The van der Waals surface area contributed by atoms with Crippen molar-refractivity contribution >= 4 is 0 Å². The Balaban J connectivity index is 1.57. The van der Waals surface area contributed by atoms with Crippen molar-refractivity contribution in [3.8, 4) is 0 Å². The number of hydrogen-bond acceptors (Lipinski definition) is 3. The maximum Gasteiger partial charge on any atom is 0.0547 e. The third kappa shape index (κ3) is 4.29. The summed E-state index contributed by atoms with van der Waals surface area (Å²) in [5.41, 5.74) is 2.40. The highest BCUT2D eigenvalue weighted by molar-refractivity contribution is 5.11. The lowest BCUT2D eigenvalue weighted by atomic mass is 10.2. The molecule has 0 unspecified atom stereocenters. The Hall–Kier alpha value is -0.930. The topological polar surface area (TPSA) is 28.2 Å². The monoisotopic (exact) mass is 273 g/mol. The molecule has 110 valence electrons. The van der Waals surface area contributed by atoms with Crippen LogP contribution in [-0.2, 0) is 13.1 Å². The van der Waals surface area contributed by atoms with E-state index in [4.69, 9.17) is 4.98 Å². The molecule has 1 heterocycles. The molecular formula is C17H27N3. The molecule has 2 fully saturated rings. The van der Waals surface area contributed by atoms with Gasteiger partial charge in [0, 0.05) is 31.7 Å². The standard InChI is InChI=1S/C17H27N3/c1-13(2)20(11-14-6-7-14)12-17-5-3-4-16(19-17)10-18-15-8-9-15/h3-5,13-15,18H,6-12H2,1-2H3. The van der Waals surface area contributed by atoms with Crippen LogP contribution in [0.5, 0.6) is 0 Å². The van der Waals surface area contributed by atoms with Crippen LogP contribution >= 0.6 is 0 Å². The van der Waals surface area contributed by atoms with Crippen molar-refractivity contribution in [2.24, 2.45) is 5.92 Å². The fourth-order valence-corrected chi connectivity index (χ4v) is 2.55. The van der Waals surface area contributed by atoms with E-state index in [1.54, 1.807) is 0 Å². The molecule has 3 nitrogen and oxygen atoms in total. The van der Waals surface area contributed by atoms with Crippen LogP contribution in [0.3, 0.4) is 0 Å². The maximum absolute atomic E-state index is 4.82. The Morgan fingerprint density at radius 3 is 2.60 bits per heavy atom. The average molecular weight is 273 g/mol. The predicted molar refractivity (Wildman–Crippen MR) is 82.4 cm³/mol. The summed E-state index contributed by atoms with van der Waals surface area (Å²) in [6.07, 6.45) is 5.51. The molecule has 2 saturated carbocycles. The summed E-state index contributed by atoms with van der Waals surface area (Å²) in [6, 6.07) is 7.82. The zero-order valence-corrected chi connectivity index (χ0v) is 12.8. The van der Waals surface area contributed by atoms with Gasteiger partial charge in [-0.05, 0) is 57.6 Å². The highest BCUT2D eigenvalue weighted by Crippen LogP contribution is 2.30. The van der Waals surface area contributed by atoms with Crippen LogP contribution < -0.4 is 5.32 Å². The molecule has 3 rings (SSSR count). The minimum Gasteiger partial charge on any atom is -0.308 e. The number of aromatic nitrogens is 1. The van der Waals surface area contributed by atoms with Gasteiger partial charge < -0.3 is 5.32 Å². The molecule has 0 spiro atoms. The first-order valence-electron chi connectivity index (χ1n) is 8.13. The molecule has 1 aromatic rings. The molecule has 1 N–H and O–H groups in total. The van der Waals surface area contributed by atoms with E-state index in [1.165, 1.54) is 43.6 Å². The van der Waals surface area contributed by atoms with Gasteiger partial charge in [0.15, 0.2) is 0 Å². The third-order valence-electron chi connectivity index (χ3n) is 4.30. The van der Waals surface area contributed by atoms with E-state index in [1.807, 2.05) is 0 Å². The molecule has 20 heavy (non-hydrogen) atoms. The van der Waals surface area contributed by atoms with Gasteiger partial charge in [0.25, 0.3) is 0 Å². The second-order valence-corrected chi connectivity index (χ2v) is 6.74. The first-order chi connectivity index (χ1) is 9.70. The molecular weight excluding hydrogens is 246 g/mol. The molecule has 0 bridgehead atoms. The molecule has 2 aliphatic rings. The van der Waals surface area contributed by atoms with E-state index in [0.29, 0.717) is 6.04 Å². The number of rotatable bonds is 8. The minimum absolute atomic E-state index is 0.602. The molecule has 1 aromatic heterocycles. The molecule has 0 aromatic carbocycles. The van der Waals surface area contributed by atoms with Crippen molar-refractivity contribution in [1.82, 2.24) is 15.2 Å². The Kier molecular flexibility index (Phi) is 4.37. The average Bonchev–Trinajstić information content (AvgIpc) is 3.31. The molecule has 2 aliphatic carbocycles. The molecule has 0 aliphatic heterocycles. The summed E-state index contributed by atoms with van der Waals surface area (Å²) in [7, 11) is 0. The largest absolute Gasteiger partial charge is 0.308 e. The van der Waals surface area contributed by atoms with Crippen molar-refractivity contribution < 1.29 is 0 Å². The van der Waals surface area contributed by atoms with Gasteiger partial charge in [0.1, 0.15) is 0 Å². The predicted octanol–water partition coefficient (Wildman–Crippen LogP) is 2.95. The zero-order chi connectivity index (χ0) is 13.9. The van der Waals surface area contributed by atoms with Crippen LogP contribution in [0.2, 0.25) is 0 Å². The summed E-state index contributed by atoms with van der Waals surface area (Å²) in [5.74, 6) is 0.942. The lowest BCUT2D eigenvalue weighted by molar-refractivity contribution is 0.201. The van der Waals surface area contributed by atoms with Gasteiger partial charge in [-0.25, -0.2) is 0 Å². The first kappa shape index (κ1) is 14.0. The summed E-state index contributed by atoms with van der Waals surface area (Å²) in [6.45, 7) is 7.74. The fraction of sp³-hybridized carbons (Fsp3) is 0.706. The summed E-state index contributed by atoms with van der Waals surface area (Å²) >= 11 is 0. The maximum atomic E-state index is 4.82. The number of nitrogens with one attached hydrogen (secondary N) is 1. The quantitative estimate of drug-likeness (QED) is 0.789. The Labute approximate surface area is 122 Å². The Morgan fingerprint density at radius 1 is 1.20 bits per heavy atom. The second kappa shape index (κ2) is 6.23. The van der Waals surface area contributed by atoms with Crippen molar-refractivity contribution in [1.29, 1.82) is 0 Å². The van der Waals surface area contributed by atoms with E-state index < -0.39 is 0 Å². The van der Waals surface area contributed by atoms with E-state index in [-0.39, 0.29) is 0 Å². The lowest BCUT2D eigenvalue weighted by Gasteiger charge is -2.26. The summed E-state index contributed by atoms with van der Waals surface area (Å²) in [4.78, 5) is 7.39. The number of nitrogens with zero attached hydrogens (tertiary/aromatic N) is 2. The smallest absolute Gasteiger partial charge is 0.0547 e. The van der Waals surface area contributed by atoms with Crippen LogP contribution in [0, 0.1) is 5.92 Å². The van der Waals surface area contributed by atoms with Gasteiger partial charge in [-0.15, -0.1) is 0 Å². The Bertz CT molecular complexity index is 436. The SMILES string of the molecule is CC(C)N(Cc1cccc(CNC2CC2)n1)CC1CC1. The molecule has 0 amide bonds. The second-order valence-electron chi connectivity index (χ2n) is 6.74. The van der Waals surface area contributed by atoms with E-state index in [0.717, 1.165) is 25.0 Å². The lowest BCUT2D eigenvalue weighted by Crippen LogP contribution is -2.32. The van der Waals surface area contributed by atoms with E-state index in [9.17, 15) is 0 Å². The highest BCUT2D eigenvalue weighted by Gasteiger charge is 2.25.